The molecule has 0 radical (unpaired) electrons. The molecular formula is C30H34ClFN6O3S. The number of halogens is 2. The number of anilines is 1. The van der Waals surface area contributed by atoms with Crippen LogP contribution in [-0.2, 0) is 10.0 Å². The zero-order chi connectivity index (χ0) is 30.0. The second-order valence-corrected chi connectivity index (χ2v) is 12.9. The monoisotopic (exact) mass is 612 g/mol. The van der Waals surface area contributed by atoms with Gasteiger partial charge in [-0.05, 0) is 67.6 Å². The van der Waals surface area contributed by atoms with Crippen molar-refractivity contribution in [3.63, 3.8) is 0 Å². The maximum atomic E-state index is 14.0. The van der Waals surface area contributed by atoms with E-state index >= 15 is 0 Å². The number of hydrogen-bond donors (Lipinski definition) is 2. The number of methoxy groups -OCH3 is 1. The smallest absolute Gasteiger partial charge is 0.214 e. The highest BCUT2D eigenvalue weighted by Gasteiger charge is 2.28. The van der Waals surface area contributed by atoms with Crippen LogP contribution >= 0.6 is 11.6 Å². The number of nitrogens with zero attached hydrogens (tertiary/aromatic N) is 4. The second-order valence-electron chi connectivity index (χ2n) is 10.4. The van der Waals surface area contributed by atoms with E-state index in [1.807, 2.05) is 44.3 Å². The summed E-state index contributed by atoms with van der Waals surface area (Å²) in [5, 5.41) is 8.49. The van der Waals surface area contributed by atoms with E-state index in [2.05, 4.69) is 15.4 Å². The Kier molecular flexibility index (Phi) is 8.72. The van der Waals surface area contributed by atoms with Gasteiger partial charge in [-0.15, -0.1) is 0 Å². The van der Waals surface area contributed by atoms with Crippen molar-refractivity contribution in [2.45, 2.75) is 39.2 Å². The number of nitrogens with two attached hydrogens (primary N) is 1. The van der Waals surface area contributed by atoms with Crippen molar-refractivity contribution in [3.05, 3.63) is 76.8 Å². The Morgan fingerprint density at radius 2 is 1.98 bits per heavy atom. The number of hydrogen-bond acceptors (Lipinski definition) is 6. The number of rotatable bonds is 9. The second kappa shape index (κ2) is 12.3. The summed E-state index contributed by atoms with van der Waals surface area (Å²) in [6, 6.07) is 11.8. The third kappa shape index (κ3) is 6.23. The van der Waals surface area contributed by atoms with Gasteiger partial charge < -0.3 is 15.8 Å². The number of sulfonamides is 1. The number of piperidine rings is 1. The molecule has 0 spiro atoms. The molecule has 3 N–H and O–H groups in total. The van der Waals surface area contributed by atoms with E-state index in [1.54, 1.807) is 22.1 Å². The highest BCUT2D eigenvalue weighted by Crippen LogP contribution is 2.34. The summed E-state index contributed by atoms with van der Waals surface area (Å²) in [5.74, 6) is 0.559. The van der Waals surface area contributed by atoms with E-state index in [0.717, 1.165) is 28.0 Å². The lowest BCUT2D eigenvalue weighted by molar-refractivity contribution is 0.329. The van der Waals surface area contributed by atoms with Crippen LogP contribution < -0.4 is 15.8 Å². The van der Waals surface area contributed by atoms with Crippen LogP contribution in [0.4, 0.5) is 15.8 Å². The lowest BCUT2D eigenvalue weighted by Crippen LogP contribution is -2.43. The number of aryl methyl sites for hydroxylation is 1. The van der Waals surface area contributed by atoms with Crippen molar-refractivity contribution >= 4 is 44.4 Å². The summed E-state index contributed by atoms with van der Waals surface area (Å²) in [7, 11) is -1.63. The number of ether oxygens (including phenoxy) is 1. The first kappa shape index (κ1) is 29.8. The largest absolute Gasteiger partial charge is 0.497 e. The summed E-state index contributed by atoms with van der Waals surface area (Å²) in [6.07, 6.45) is 5.38. The first-order valence-corrected chi connectivity index (χ1v) is 15.8. The molecule has 1 fully saturated rings. The Morgan fingerprint density at radius 3 is 2.67 bits per heavy atom. The van der Waals surface area contributed by atoms with Gasteiger partial charge in [-0.2, -0.15) is 5.10 Å². The molecule has 0 bridgehead atoms. The van der Waals surface area contributed by atoms with Gasteiger partial charge in [0.15, 0.2) is 0 Å². The van der Waals surface area contributed by atoms with E-state index in [4.69, 9.17) is 22.1 Å². The van der Waals surface area contributed by atoms with Crippen molar-refractivity contribution in [3.8, 4) is 16.9 Å². The highest BCUT2D eigenvalue weighted by atomic mass is 35.5. The fourth-order valence-corrected chi connectivity index (χ4v) is 6.97. The normalized spacial score (nSPS) is 15.3. The van der Waals surface area contributed by atoms with Gasteiger partial charge in [0.05, 0.1) is 46.5 Å². The lowest BCUT2D eigenvalue weighted by atomic mass is 10.0. The minimum absolute atomic E-state index is 0.0188. The maximum Gasteiger partial charge on any atom is 0.214 e. The number of aromatic nitrogens is 2. The number of fused-ring (bicyclic) bond motifs is 1. The van der Waals surface area contributed by atoms with Crippen LogP contribution in [0.2, 0.25) is 5.02 Å². The summed E-state index contributed by atoms with van der Waals surface area (Å²) >= 11 is 6.27. The van der Waals surface area contributed by atoms with E-state index < -0.39 is 15.8 Å². The Balaban J connectivity index is 1.55. The zero-order valence-electron chi connectivity index (χ0n) is 23.8. The number of amidine groups is 1. The molecule has 12 heteroatoms. The molecule has 3 heterocycles. The third-order valence-electron chi connectivity index (χ3n) is 7.46. The molecule has 2 aromatic heterocycles. The average molecular weight is 613 g/mol. The fraction of sp³-hybridized carbons (Fsp3) is 0.333. The van der Waals surface area contributed by atoms with Gasteiger partial charge >= 0.3 is 0 Å². The van der Waals surface area contributed by atoms with E-state index in [-0.39, 0.29) is 28.3 Å². The molecule has 42 heavy (non-hydrogen) atoms. The summed E-state index contributed by atoms with van der Waals surface area (Å²) in [6.45, 7) is 4.74. The summed E-state index contributed by atoms with van der Waals surface area (Å²) in [4.78, 5) is 4.44. The number of aliphatic imine (C=N–C) groups is 1. The molecule has 0 aliphatic carbocycles. The summed E-state index contributed by atoms with van der Waals surface area (Å²) in [5.41, 5.74) is 11.7. The van der Waals surface area contributed by atoms with Crippen LogP contribution in [0.5, 0.6) is 5.75 Å². The molecule has 2 aromatic carbocycles. The Labute approximate surface area is 250 Å². The molecular weight excluding hydrogens is 579 g/mol. The minimum atomic E-state index is -3.26. The van der Waals surface area contributed by atoms with Crippen LogP contribution in [-0.4, -0.2) is 60.2 Å². The molecule has 0 amide bonds. The van der Waals surface area contributed by atoms with Gasteiger partial charge in [0, 0.05) is 37.0 Å². The molecule has 4 aromatic rings. The Hall–Kier alpha value is -3.67. The fourth-order valence-electron chi connectivity index (χ4n) is 5.27. The predicted octanol–water partition coefficient (Wildman–Crippen LogP) is 5.76. The number of benzene rings is 2. The van der Waals surface area contributed by atoms with E-state index in [0.29, 0.717) is 43.6 Å². The van der Waals surface area contributed by atoms with Crippen LogP contribution in [0.25, 0.3) is 16.6 Å². The third-order valence-corrected chi connectivity index (χ3v) is 9.86. The van der Waals surface area contributed by atoms with E-state index in [1.165, 1.54) is 18.2 Å². The topological polar surface area (TPSA) is 114 Å². The molecule has 9 nitrogen and oxygen atoms in total. The first-order chi connectivity index (χ1) is 20.1. The minimum Gasteiger partial charge on any atom is -0.497 e. The SMILES string of the molecule is CCCS(=O)(=O)N1CCC(Nc2c(C(N)=Nc3cc(F)ccc3Cl)cnn3cc(-c4ccc(OC)cc4C)cc23)CC1. The van der Waals surface area contributed by atoms with Gasteiger partial charge in [0.2, 0.25) is 10.0 Å². The molecule has 1 aliphatic heterocycles. The van der Waals surface area contributed by atoms with Gasteiger partial charge in [0.1, 0.15) is 17.4 Å². The summed E-state index contributed by atoms with van der Waals surface area (Å²) < 4.78 is 47.9. The molecule has 5 rings (SSSR count). The van der Waals surface area contributed by atoms with Gasteiger partial charge in [-0.25, -0.2) is 26.6 Å². The molecule has 0 saturated carbocycles. The maximum absolute atomic E-state index is 14.0. The molecule has 0 atom stereocenters. The standard InChI is InChI=1S/C30H34ClFN6O3S/c1-4-13-42(39,40)37-11-9-22(10-12-37)35-29-25(30(33)36-27-16-21(32)5-8-26(27)31)17-34-38-18-20(15-28(29)38)24-7-6-23(41-3)14-19(24)2/h5-8,14-18,22,35H,4,9-13H2,1-3H3,(H2,33,36). The molecule has 1 aliphatic rings. The lowest BCUT2D eigenvalue weighted by Gasteiger charge is -2.32. The molecule has 0 unspecified atom stereocenters. The molecule has 222 valence electrons. The van der Waals surface area contributed by atoms with Crippen LogP contribution in [0.1, 0.15) is 37.3 Å². The van der Waals surface area contributed by atoms with Crippen molar-refractivity contribution in [1.29, 1.82) is 0 Å². The zero-order valence-corrected chi connectivity index (χ0v) is 25.3. The van der Waals surface area contributed by atoms with Crippen LogP contribution in [0, 0.1) is 12.7 Å². The molecule has 1 saturated heterocycles. The predicted molar refractivity (Wildman–Crippen MR) is 166 cm³/mol. The Morgan fingerprint density at radius 1 is 1.21 bits per heavy atom. The van der Waals surface area contributed by atoms with Gasteiger partial charge in [0.25, 0.3) is 0 Å². The highest BCUT2D eigenvalue weighted by molar-refractivity contribution is 7.89. The quantitative estimate of drug-likeness (QED) is 0.183. The first-order valence-electron chi connectivity index (χ1n) is 13.8. The number of nitrogens with one attached hydrogen (secondary N) is 1. The van der Waals surface area contributed by atoms with E-state index in [9.17, 15) is 12.8 Å². The van der Waals surface area contributed by atoms with Crippen LogP contribution in [0.15, 0.2) is 59.9 Å². The van der Waals surface area contributed by atoms with Crippen molar-refractivity contribution in [2.24, 2.45) is 10.7 Å². The van der Waals surface area contributed by atoms with Gasteiger partial charge in [-0.3, -0.25) is 0 Å². The van der Waals surface area contributed by atoms with Crippen molar-refractivity contribution in [1.82, 2.24) is 13.9 Å². The van der Waals surface area contributed by atoms with Gasteiger partial charge in [-0.1, -0.05) is 24.6 Å². The van der Waals surface area contributed by atoms with Crippen LogP contribution in [0.3, 0.4) is 0 Å². The average Bonchev–Trinajstić information content (AvgIpc) is 3.40. The Bertz CT molecular complexity index is 1750. The van der Waals surface area contributed by atoms with Crippen molar-refractivity contribution < 1.29 is 17.5 Å². The van der Waals surface area contributed by atoms with Crippen molar-refractivity contribution in [2.75, 3.05) is 31.3 Å².